The van der Waals surface area contributed by atoms with Crippen molar-refractivity contribution >= 4 is 5.97 Å². The van der Waals surface area contributed by atoms with Crippen molar-refractivity contribution < 1.29 is 44.0 Å². The molecule has 0 radical (unpaired) electrons. The third-order valence-corrected chi connectivity index (χ3v) is 0.710. The molecule has 0 aliphatic carbocycles. The average molecular weight is 150 g/mol. The van der Waals surface area contributed by atoms with Crippen LogP contribution in [0.5, 0.6) is 0 Å². The third-order valence-electron chi connectivity index (χ3n) is 0.710. The monoisotopic (exact) mass is 150 g/mol. The van der Waals surface area contributed by atoms with Crippen molar-refractivity contribution in [3.05, 3.63) is 11.7 Å². The molecule has 0 amide bonds. The number of hydrogen-bond acceptors (Lipinski definition) is 5. The summed E-state index contributed by atoms with van der Waals surface area (Å²) in [5.74, 6) is -1.62. The van der Waals surface area contributed by atoms with Crippen LogP contribution < -0.4 is 34.7 Å². The van der Waals surface area contributed by atoms with Crippen LogP contribution in [-0.2, 0) is 0 Å². The molecule has 6 heteroatoms. The molecule has 1 aromatic rings. The van der Waals surface area contributed by atoms with Gasteiger partial charge >= 0.3 is 29.6 Å². The van der Waals surface area contributed by atoms with Crippen LogP contribution in [0.25, 0.3) is 0 Å². The number of carbonyl (C=O) groups is 1. The van der Waals surface area contributed by atoms with Crippen molar-refractivity contribution in [2.24, 2.45) is 0 Å². The molecule has 0 aromatic carbocycles. The van der Waals surface area contributed by atoms with Crippen molar-refractivity contribution in [3.63, 3.8) is 0 Å². The van der Waals surface area contributed by atoms with Crippen molar-refractivity contribution in [2.45, 2.75) is 6.92 Å². The molecule has 48 valence electrons. The van der Waals surface area contributed by atoms with Gasteiger partial charge in [0.05, 0.1) is 0 Å². The average Bonchev–Trinajstić information content (AvgIpc) is 2.14. The van der Waals surface area contributed by atoms with E-state index in [9.17, 15) is 9.90 Å². The Bertz CT molecular complexity index is 234. The zero-order valence-electron chi connectivity index (χ0n) is 5.62. The Morgan fingerprint density at radius 3 is 2.50 bits per heavy atom. The largest absolute Gasteiger partial charge is 1.00 e. The van der Waals surface area contributed by atoms with E-state index in [1.54, 1.807) is 0 Å². The number of hydrogen-bond donors (Lipinski definition) is 0. The molecule has 0 N–H and O–H groups in total. The van der Waals surface area contributed by atoms with Gasteiger partial charge in [0.1, 0.15) is 5.97 Å². The second kappa shape index (κ2) is 3.70. The summed E-state index contributed by atoms with van der Waals surface area (Å²) in [6, 6.07) is 0. The van der Waals surface area contributed by atoms with Crippen LogP contribution in [0.2, 0.25) is 0 Å². The number of aromatic carboxylic acids is 1. The van der Waals surface area contributed by atoms with Gasteiger partial charge in [-0.25, -0.2) is 0 Å². The summed E-state index contributed by atoms with van der Waals surface area (Å²) < 4.78 is 4.34. The predicted octanol–water partition coefficient (Wildman–Crippen LogP) is -4.25. The van der Waals surface area contributed by atoms with E-state index in [1.807, 2.05) is 0 Å². The van der Waals surface area contributed by atoms with Crippen molar-refractivity contribution in [3.8, 4) is 0 Å². The van der Waals surface area contributed by atoms with E-state index in [1.165, 1.54) is 6.92 Å². The minimum atomic E-state index is -1.42. The van der Waals surface area contributed by atoms with Crippen LogP contribution in [0.4, 0.5) is 0 Å². The smallest absolute Gasteiger partial charge is 0.541 e. The zero-order valence-corrected chi connectivity index (χ0v) is 7.62. The summed E-state index contributed by atoms with van der Waals surface area (Å²) in [6.45, 7) is 1.50. The maximum atomic E-state index is 9.92. The first-order valence-electron chi connectivity index (χ1n) is 2.22. The fraction of sp³-hybridized carbons (Fsp3) is 0.250. The molecule has 1 aromatic heterocycles. The molecule has 1 heterocycles. The van der Waals surface area contributed by atoms with Crippen LogP contribution in [0.3, 0.4) is 0 Å². The van der Waals surface area contributed by atoms with Gasteiger partial charge in [0.25, 0.3) is 0 Å². The third kappa shape index (κ3) is 2.09. The van der Waals surface area contributed by atoms with Gasteiger partial charge in [-0.05, 0) is 0 Å². The molecule has 0 bridgehead atoms. The molecule has 0 saturated carbocycles. The van der Waals surface area contributed by atoms with Crippen LogP contribution in [0.1, 0.15) is 16.5 Å². The normalized spacial score (nSPS) is 8.50. The molecule has 0 unspecified atom stereocenters. The second-order valence-corrected chi connectivity index (χ2v) is 1.42. The van der Waals surface area contributed by atoms with Gasteiger partial charge in [-0.15, -0.1) is 0 Å². The molecule has 0 atom stereocenters. The summed E-state index contributed by atoms with van der Waals surface area (Å²) in [4.78, 5) is 13.3. The maximum Gasteiger partial charge on any atom is 1.00 e. The van der Waals surface area contributed by atoms with Gasteiger partial charge in [0.2, 0.25) is 11.7 Å². The van der Waals surface area contributed by atoms with Gasteiger partial charge in [-0.3, -0.25) is 0 Å². The summed E-state index contributed by atoms with van der Waals surface area (Å²) in [5.41, 5.74) is 0. The fourth-order valence-electron chi connectivity index (χ4n) is 0.382. The molecular formula is C4H3N2NaO3. The minimum Gasteiger partial charge on any atom is -0.541 e. The molecular weight excluding hydrogens is 147 g/mol. The van der Waals surface area contributed by atoms with Crippen LogP contribution in [0, 0.1) is 6.92 Å². The summed E-state index contributed by atoms with van der Waals surface area (Å²) in [7, 11) is 0. The topological polar surface area (TPSA) is 79.0 Å². The molecule has 0 aliphatic heterocycles. The Morgan fingerprint density at radius 2 is 2.30 bits per heavy atom. The van der Waals surface area contributed by atoms with E-state index < -0.39 is 11.8 Å². The summed E-state index contributed by atoms with van der Waals surface area (Å²) in [5, 5.41) is 13.0. The van der Waals surface area contributed by atoms with Gasteiger partial charge in [0.15, 0.2) is 0 Å². The van der Waals surface area contributed by atoms with Crippen LogP contribution in [-0.4, -0.2) is 16.1 Å². The van der Waals surface area contributed by atoms with E-state index in [2.05, 4.69) is 14.7 Å². The van der Waals surface area contributed by atoms with Gasteiger partial charge in [-0.2, -0.15) is 4.98 Å². The Hall–Kier alpha value is -0.390. The van der Waals surface area contributed by atoms with E-state index in [0.29, 0.717) is 0 Å². The van der Waals surface area contributed by atoms with Crippen molar-refractivity contribution in [1.29, 1.82) is 0 Å². The number of nitrogens with zero attached hydrogens (tertiary/aromatic N) is 2. The molecule has 0 saturated heterocycles. The Labute approximate surface area is 78.7 Å². The zero-order chi connectivity index (χ0) is 6.85. The first kappa shape index (κ1) is 9.61. The second-order valence-electron chi connectivity index (χ2n) is 1.42. The number of carboxylic acids is 1. The summed E-state index contributed by atoms with van der Waals surface area (Å²) >= 11 is 0. The van der Waals surface area contributed by atoms with E-state index in [4.69, 9.17) is 0 Å². The molecule has 5 nitrogen and oxygen atoms in total. The molecule has 0 spiro atoms. The number of rotatable bonds is 1. The van der Waals surface area contributed by atoms with E-state index in [0.717, 1.165) is 0 Å². The van der Waals surface area contributed by atoms with Crippen LogP contribution >= 0.6 is 0 Å². The Kier molecular flexibility index (Phi) is 3.55. The van der Waals surface area contributed by atoms with Gasteiger partial charge in [-0.1, -0.05) is 5.16 Å². The molecule has 0 aliphatic rings. The standard InChI is InChI=1S/C4H4N2O3.Na/c1-2-5-3(4(7)8)6-9-2;/h1H3,(H,7,8);/q;+1/p-1. The number of aryl methyl sites for hydroxylation is 1. The molecule has 1 rings (SSSR count). The van der Waals surface area contributed by atoms with Gasteiger partial charge in [0, 0.05) is 6.92 Å². The SMILES string of the molecule is Cc1nc(C(=O)[O-])no1.[Na+]. The first-order valence-corrected chi connectivity index (χ1v) is 2.22. The first-order chi connectivity index (χ1) is 4.20. The molecule has 10 heavy (non-hydrogen) atoms. The van der Waals surface area contributed by atoms with Crippen molar-refractivity contribution in [2.75, 3.05) is 0 Å². The van der Waals surface area contributed by atoms with Gasteiger partial charge < -0.3 is 14.4 Å². The number of carbonyl (C=O) groups excluding carboxylic acids is 1. The number of carboxylic acid groups (broad SMARTS) is 1. The molecule has 0 fully saturated rings. The number of aromatic nitrogens is 2. The van der Waals surface area contributed by atoms with E-state index >= 15 is 0 Å². The Morgan fingerprint density at radius 1 is 1.70 bits per heavy atom. The quantitative estimate of drug-likeness (QED) is 0.379. The minimum absolute atomic E-state index is 0. The fourth-order valence-corrected chi connectivity index (χ4v) is 0.382. The maximum absolute atomic E-state index is 9.92. The predicted molar refractivity (Wildman–Crippen MR) is 23.4 cm³/mol. The van der Waals surface area contributed by atoms with E-state index in [-0.39, 0.29) is 35.4 Å². The van der Waals surface area contributed by atoms with Crippen LogP contribution in [0.15, 0.2) is 4.52 Å². The Balaban J connectivity index is 0.000000810. The van der Waals surface area contributed by atoms with Crippen molar-refractivity contribution in [1.82, 2.24) is 10.1 Å². The summed E-state index contributed by atoms with van der Waals surface area (Å²) in [6.07, 6.45) is 0.